The summed E-state index contributed by atoms with van der Waals surface area (Å²) in [4.78, 5) is 0. The van der Waals surface area contributed by atoms with Crippen molar-refractivity contribution in [1.82, 2.24) is 5.32 Å². The van der Waals surface area contributed by atoms with Gasteiger partial charge >= 0.3 is 0 Å². The second-order valence-corrected chi connectivity index (χ2v) is 3.38. The van der Waals surface area contributed by atoms with Gasteiger partial charge in [-0.05, 0) is 18.2 Å². The summed E-state index contributed by atoms with van der Waals surface area (Å²) < 4.78 is 53.8. The Hall–Kier alpha value is -1.14. The van der Waals surface area contributed by atoms with Gasteiger partial charge < -0.3 is 10.1 Å². The Kier molecular flexibility index (Phi) is 5.93. The van der Waals surface area contributed by atoms with Crippen molar-refractivity contribution in [2.75, 3.05) is 19.8 Å². The molecule has 0 fully saturated rings. The van der Waals surface area contributed by atoms with Gasteiger partial charge in [0.05, 0.1) is 6.61 Å². The molecule has 1 aromatic rings. The number of ether oxygens (including phenoxy) is 1. The molecule has 0 aliphatic heterocycles. The molecule has 0 aliphatic rings. The highest BCUT2D eigenvalue weighted by molar-refractivity contribution is 5.18. The van der Waals surface area contributed by atoms with E-state index in [9.17, 15) is 17.6 Å². The van der Waals surface area contributed by atoms with Crippen LogP contribution in [0.2, 0.25) is 0 Å². The van der Waals surface area contributed by atoms with Gasteiger partial charge in [-0.3, -0.25) is 0 Å². The summed E-state index contributed by atoms with van der Waals surface area (Å²) in [6.07, 6.45) is -2.49. The number of rotatable bonds is 7. The maximum Gasteiger partial charge on any atom is 0.261 e. The minimum absolute atomic E-state index is 0.0985. The Morgan fingerprint density at radius 2 is 2.00 bits per heavy atom. The van der Waals surface area contributed by atoms with Crippen molar-refractivity contribution in [2.45, 2.75) is 13.0 Å². The molecule has 17 heavy (non-hydrogen) atoms. The van der Waals surface area contributed by atoms with Crippen LogP contribution in [0, 0.1) is 11.6 Å². The number of hydrogen-bond acceptors (Lipinski definition) is 2. The third-order valence-corrected chi connectivity index (χ3v) is 1.99. The van der Waals surface area contributed by atoms with Gasteiger partial charge in [-0.2, -0.15) is 0 Å². The Balaban J connectivity index is 2.20. The van der Waals surface area contributed by atoms with Crippen molar-refractivity contribution < 1.29 is 22.3 Å². The van der Waals surface area contributed by atoms with Gasteiger partial charge in [0.15, 0.2) is 0 Å². The largest absolute Gasteiger partial charge is 0.374 e. The number of alkyl halides is 2. The molecule has 2 nitrogen and oxygen atoms in total. The number of halogens is 4. The summed E-state index contributed by atoms with van der Waals surface area (Å²) in [6, 6.07) is 3.16. The molecule has 6 heteroatoms. The second kappa shape index (κ2) is 7.24. The van der Waals surface area contributed by atoms with E-state index in [1.165, 1.54) is 0 Å². The lowest BCUT2D eigenvalue weighted by atomic mass is 10.2. The van der Waals surface area contributed by atoms with Gasteiger partial charge in [0.2, 0.25) is 0 Å². The first-order valence-corrected chi connectivity index (χ1v) is 5.10. The lowest BCUT2D eigenvalue weighted by Gasteiger charge is -2.07. The van der Waals surface area contributed by atoms with Crippen LogP contribution in [0.1, 0.15) is 5.56 Å². The van der Waals surface area contributed by atoms with E-state index in [4.69, 9.17) is 0 Å². The van der Waals surface area contributed by atoms with Gasteiger partial charge in [-0.15, -0.1) is 0 Å². The van der Waals surface area contributed by atoms with E-state index in [1.807, 2.05) is 0 Å². The highest BCUT2D eigenvalue weighted by Gasteiger charge is 2.04. The molecule has 0 saturated heterocycles. The topological polar surface area (TPSA) is 21.3 Å². The van der Waals surface area contributed by atoms with E-state index in [-0.39, 0.29) is 18.7 Å². The Bertz CT molecular complexity index is 346. The van der Waals surface area contributed by atoms with E-state index < -0.39 is 24.7 Å². The van der Waals surface area contributed by atoms with Gasteiger partial charge in [-0.25, -0.2) is 17.6 Å². The average Bonchev–Trinajstić information content (AvgIpc) is 2.27. The smallest absolute Gasteiger partial charge is 0.261 e. The van der Waals surface area contributed by atoms with Crippen molar-refractivity contribution in [2.24, 2.45) is 0 Å². The molecule has 96 valence electrons. The third kappa shape index (κ3) is 5.65. The van der Waals surface area contributed by atoms with Crippen molar-refractivity contribution in [3.8, 4) is 0 Å². The van der Waals surface area contributed by atoms with E-state index in [0.717, 1.165) is 18.2 Å². The quantitative estimate of drug-likeness (QED) is 0.593. The van der Waals surface area contributed by atoms with Gasteiger partial charge in [0.25, 0.3) is 6.43 Å². The predicted octanol–water partition coefficient (Wildman–Crippen LogP) is 2.34. The van der Waals surface area contributed by atoms with Crippen LogP contribution in [0.4, 0.5) is 17.6 Å². The minimum atomic E-state index is -2.49. The van der Waals surface area contributed by atoms with Crippen LogP contribution >= 0.6 is 0 Å². The molecule has 0 bridgehead atoms. The lowest BCUT2D eigenvalue weighted by Crippen LogP contribution is -2.21. The SMILES string of the molecule is Fc1ccc(F)c(CNCCOCC(F)F)c1. The summed E-state index contributed by atoms with van der Waals surface area (Å²) in [5.41, 5.74) is 0.193. The minimum Gasteiger partial charge on any atom is -0.374 e. The molecule has 1 N–H and O–H groups in total. The highest BCUT2D eigenvalue weighted by atomic mass is 19.3. The molecule has 1 rings (SSSR count). The first-order valence-electron chi connectivity index (χ1n) is 5.10. The van der Waals surface area contributed by atoms with E-state index in [0.29, 0.717) is 6.54 Å². The van der Waals surface area contributed by atoms with Crippen LogP contribution in [-0.2, 0) is 11.3 Å². The van der Waals surface area contributed by atoms with Crippen molar-refractivity contribution in [3.05, 3.63) is 35.4 Å². The average molecular weight is 251 g/mol. The Labute approximate surface area is 96.6 Å². The summed E-state index contributed by atoms with van der Waals surface area (Å²) in [5, 5.41) is 2.77. The molecule has 0 unspecified atom stereocenters. The molecule has 1 aromatic carbocycles. The highest BCUT2D eigenvalue weighted by Crippen LogP contribution is 2.08. The van der Waals surface area contributed by atoms with E-state index in [2.05, 4.69) is 10.1 Å². The maximum absolute atomic E-state index is 13.1. The Morgan fingerprint density at radius 1 is 1.24 bits per heavy atom. The van der Waals surface area contributed by atoms with Crippen LogP contribution in [-0.4, -0.2) is 26.2 Å². The fourth-order valence-electron chi connectivity index (χ4n) is 1.22. The molecular weight excluding hydrogens is 238 g/mol. The zero-order valence-electron chi connectivity index (χ0n) is 9.06. The first-order chi connectivity index (χ1) is 8.09. The first kappa shape index (κ1) is 13.9. The van der Waals surface area contributed by atoms with Crippen LogP contribution in [0.3, 0.4) is 0 Å². The zero-order chi connectivity index (χ0) is 12.7. The van der Waals surface area contributed by atoms with Crippen molar-refractivity contribution >= 4 is 0 Å². The second-order valence-electron chi connectivity index (χ2n) is 3.38. The van der Waals surface area contributed by atoms with Crippen molar-refractivity contribution in [1.29, 1.82) is 0 Å². The fraction of sp³-hybridized carbons (Fsp3) is 0.455. The summed E-state index contributed by atoms with van der Waals surface area (Å²) >= 11 is 0. The van der Waals surface area contributed by atoms with Gasteiger partial charge in [0, 0.05) is 18.7 Å². The fourth-order valence-corrected chi connectivity index (χ4v) is 1.22. The molecule has 0 heterocycles. The van der Waals surface area contributed by atoms with Gasteiger partial charge in [0.1, 0.15) is 18.2 Å². The predicted molar refractivity (Wildman–Crippen MR) is 54.9 cm³/mol. The zero-order valence-corrected chi connectivity index (χ0v) is 9.06. The molecule has 0 amide bonds. The molecule has 0 aliphatic carbocycles. The van der Waals surface area contributed by atoms with Crippen LogP contribution in [0.5, 0.6) is 0 Å². The van der Waals surface area contributed by atoms with E-state index in [1.54, 1.807) is 0 Å². The van der Waals surface area contributed by atoms with Crippen LogP contribution in [0.25, 0.3) is 0 Å². The number of nitrogens with one attached hydrogen (secondary N) is 1. The lowest BCUT2D eigenvalue weighted by molar-refractivity contribution is 0.0187. The summed E-state index contributed by atoms with van der Waals surface area (Å²) in [6.45, 7) is -0.0956. The molecule has 0 aromatic heterocycles. The molecule has 0 atom stereocenters. The third-order valence-electron chi connectivity index (χ3n) is 1.99. The normalized spacial score (nSPS) is 11.1. The maximum atomic E-state index is 13.1. The molecular formula is C11H13F4NO. The molecule has 0 radical (unpaired) electrons. The summed E-state index contributed by atoms with van der Waals surface area (Å²) in [7, 11) is 0. The van der Waals surface area contributed by atoms with Gasteiger partial charge in [-0.1, -0.05) is 0 Å². The van der Waals surface area contributed by atoms with Crippen molar-refractivity contribution in [3.63, 3.8) is 0 Å². The Morgan fingerprint density at radius 3 is 2.71 bits per heavy atom. The monoisotopic (exact) mass is 251 g/mol. The molecule has 0 spiro atoms. The van der Waals surface area contributed by atoms with Crippen LogP contribution < -0.4 is 5.32 Å². The molecule has 0 saturated carbocycles. The summed E-state index contributed by atoms with van der Waals surface area (Å²) in [5.74, 6) is -1.02. The van der Waals surface area contributed by atoms with Crippen LogP contribution in [0.15, 0.2) is 18.2 Å². The number of benzene rings is 1. The number of hydrogen-bond donors (Lipinski definition) is 1. The standard InChI is InChI=1S/C11H13F4NO/c12-9-1-2-10(13)8(5-9)6-16-3-4-17-7-11(14)15/h1-2,5,11,16H,3-4,6-7H2. The van der Waals surface area contributed by atoms with E-state index >= 15 is 0 Å².